The first-order valence-electron chi connectivity index (χ1n) is 9.28. The van der Waals surface area contributed by atoms with Gasteiger partial charge in [0.05, 0.1) is 6.54 Å². The number of aromatic nitrogens is 1. The van der Waals surface area contributed by atoms with E-state index < -0.39 is 23.8 Å². The molecule has 1 atom stereocenters. The zero-order chi connectivity index (χ0) is 21.2. The minimum absolute atomic E-state index is 0.108. The van der Waals surface area contributed by atoms with E-state index in [0.717, 1.165) is 5.56 Å². The van der Waals surface area contributed by atoms with E-state index in [0.29, 0.717) is 13.0 Å². The van der Waals surface area contributed by atoms with E-state index in [4.69, 9.17) is 9.84 Å². The van der Waals surface area contributed by atoms with Crippen molar-refractivity contribution in [2.45, 2.75) is 32.9 Å². The van der Waals surface area contributed by atoms with Crippen molar-refractivity contribution >= 4 is 17.8 Å². The van der Waals surface area contributed by atoms with Crippen molar-refractivity contribution in [1.82, 2.24) is 15.6 Å². The third-order valence-electron chi connectivity index (χ3n) is 3.98. The van der Waals surface area contributed by atoms with Crippen LogP contribution >= 0.6 is 0 Å². The predicted molar refractivity (Wildman–Crippen MR) is 106 cm³/mol. The average Bonchev–Trinajstić information content (AvgIpc) is 2.70. The second-order valence-corrected chi connectivity index (χ2v) is 6.93. The SMILES string of the molecule is CC(C)C[C@H](NC(=O)CNC(=O)c1ccnc(OCc2ccccc2)c1)C(=O)O. The van der Waals surface area contributed by atoms with Crippen LogP contribution in [0.4, 0.5) is 0 Å². The number of carbonyl (C=O) groups is 3. The molecule has 29 heavy (non-hydrogen) atoms. The molecule has 2 aromatic rings. The number of benzene rings is 1. The highest BCUT2D eigenvalue weighted by atomic mass is 16.5. The quantitative estimate of drug-likeness (QED) is 0.563. The lowest BCUT2D eigenvalue weighted by molar-refractivity contribution is -0.142. The second-order valence-electron chi connectivity index (χ2n) is 6.93. The third kappa shape index (κ3) is 7.61. The van der Waals surface area contributed by atoms with Gasteiger partial charge in [0.2, 0.25) is 11.8 Å². The number of carboxylic acid groups (broad SMARTS) is 1. The van der Waals surface area contributed by atoms with Gasteiger partial charge in [-0.2, -0.15) is 0 Å². The molecule has 0 saturated heterocycles. The molecule has 2 rings (SSSR count). The summed E-state index contributed by atoms with van der Waals surface area (Å²) in [6.07, 6.45) is 1.75. The number of aliphatic carboxylic acids is 1. The van der Waals surface area contributed by atoms with Crippen LogP contribution in [0.3, 0.4) is 0 Å². The van der Waals surface area contributed by atoms with Gasteiger partial charge in [-0.25, -0.2) is 9.78 Å². The molecular weight excluding hydrogens is 374 g/mol. The van der Waals surface area contributed by atoms with E-state index in [1.165, 1.54) is 18.3 Å². The highest BCUT2D eigenvalue weighted by molar-refractivity contribution is 5.97. The molecule has 0 aliphatic carbocycles. The molecule has 1 aromatic carbocycles. The number of carbonyl (C=O) groups excluding carboxylic acids is 2. The van der Waals surface area contributed by atoms with E-state index in [2.05, 4.69) is 15.6 Å². The molecule has 0 radical (unpaired) electrons. The number of amides is 2. The summed E-state index contributed by atoms with van der Waals surface area (Å²) in [6.45, 7) is 3.71. The molecule has 0 saturated carbocycles. The van der Waals surface area contributed by atoms with E-state index >= 15 is 0 Å². The van der Waals surface area contributed by atoms with Crippen molar-refractivity contribution in [2.75, 3.05) is 6.54 Å². The van der Waals surface area contributed by atoms with Gasteiger partial charge in [-0.3, -0.25) is 9.59 Å². The molecule has 0 fully saturated rings. The monoisotopic (exact) mass is 399 g/mol. The third-order valence-corrected chi connectivity index (χ3v) is 3.98. The van der Waals surface area contributed by atoms with Crippen LogP contribution in [-0.2, 0) is 16.2 Å². The number of hydrogen-bond acceptors (Lipinski definition) is 5. The molecule has 0 spiro atoms. The number of nitrogens with zero attached hydrogens (tertiary/aromatic N) is 1. The number of nitrogens with one attached hydrogen (secondary N) is 2. The van der Waals surface area contributed by atoms with Gasteiger partial charge in [0.1, 0.15) is 12.6 Å². The molecule has 154 valence electrons. The Hall–Kier alpha value is -3.42. The normalized spacial score (nSPS) is 11.6. The molecule has 0 aliphatic rings. The molecule has 8 heteroatoms. The fraction of sp³-hybridized carbons (Fsp3) is 0.333. The van der Waals surface area contributed by atoms with E-state index in [-0.39, 0.29) is 23.9 Å². The number of hydrogen-bond donors (Lipinski definition) is 3. The standard InChI is InChI=1S/C21H25N3O5/c1-14(2)10-17(21(27)28)24-18(25)12-23-20(26)16-8-9-22-19(11-16)29-13-15-6-4-3-5-7-15/h3-9,11,14,17H,10,12-13H2,1-2H3,(H,23,26)(H,24,25)(H,27,28)/t17-/m0/s1. The van der Waals surface area contributed by atoms with E-state index in [9.17, 15) is 14.4 Å². The lowest BCUT2D eigenvalue weighted by atomic mass is 10.0. The summed E-state index contributed by atoms with van der Waals surface area (Å²) in [6, 6.07) is 11.5. The molecule has 3 N–H and O–H groups in total. The zero-order valence-electron chi connectivity index (χ0n) is 16.4. The maximum absolute atomic E-state index is 12.3. The molecule has 8 nitrogen and oxygen atoms in total. The van der Waals surface area contributed by atoms with Gasteiger partial charge < -0.3 is 20.5 Å². The molecule has 1 heterocycles. The summed E-state index contributed by atoms with van der Waals surface area (Å²) in [5, 5.41) is 14.1. The summed E-state index contributed by atoms with van der Waals surface area (Å²) in [5.74, 6) is -1.76. The Morgan fingerprint density at radius 3 is 2.52 bits per heavy atom. The highest BCUT2D eigenvalue weighted by Crippen LogP contribution is 2.12. The van der Waals surface area contributed by atoms with Gasteiger partial charge in [0, 0.05) is 17.8 Å². The van der Waals surface area contributed by atoms with Crippen molar-refractivity contribution in [1.29, 1.82) is 0 Å². The first-order valence-corrected chi connectivity index (χ1v) is 9.28. The number of pyridine rings is 1. The summed E-state index contributed by atoms with van der Waals surface area (Å²) < 4.78 is 5.59. The largest absolute Gasteiger partial charge is 0.480 e. The first kappa shape index (κ1) is 21.9. The fourth-order valence-electron chi connectivity index (χ4n) is 2.56. The maximum atomic E-state index is 12.3. The van der Waals surface area contributed by atoms with Crippen molar-refractivity contribution < 1.29 is 24.2 Å². The summed E-state index contributed by atoms with van der Waals surface area (Å²) in [7, 11) is 0. The summed E-state index contributed by atoms with van der Waals surface area (Å²) in [5.41, 5.74) is 1.25. The van der Waals surface area contributed by atoms with Crippen LogP contribution in [0.15, 0.2) is 48.7 Å². The van der Waals surface area contributed by atoms with Crippen LogP contribution in [0.1, 0.15) is 36.2 Å². The lowest BCUT2D eigenvalue weighted by Gasteiger charge is -2.16. The minimum Gasteiger partial charge on any atom is -0.480 e. The van der Waals surface area contributed by atoms with Crippen LogP contribution in [0, 0.1) is 5.92 Å². The predicted octanol–water partition coefficient (Wildman–Crippen LogP) is 2.01. The number of carboxylic acids is 1. The van der Waals surface area contributed by atoms with Crippen molar-refractivity contribution in [3.05, 3.63) is 59.8 Å². The highest BCUT2D eigenvalue weighted by Gasteiger charge is 2.21. The van der Waals surface area contributed by atoms with Crippen LogP contribution in [0.5, 0.6) is 5.88 Å². The Morgan fingerprint density at radius 2 is 1.86 bits per heavy atom. The van der Waals surface area contributed by atoms with Crippen molar-refractivity contribution in [3.8, 4) is 5.88 Å². The Labute approximate surface area is 169 Å². The van der Waals surface area contributed by atoms with Gasteiger partial charge in [-0.05, 0) is 24.0 Å². The van der Waals surface area contributed by atoms with Gasteiger partial charge in [0.25, 0.3) is 5.91 Å². The zero-order valence-corrected chi connectivity index (χ0v) is 16.4. The number of ether oxygens (including phenoxy) is 1. The van der Waals surface area contributed by atoms with Gasteiger partial charge >= 0.3 is 5.97 Å². The van der Waals surface area contributed by atoms with Crippen molar-refractivity contribution in [3.63, 3.8) is 0 Å². The molecule has 0 unspecified atom stereocenters. The fourth-order valence-corrected chi connectivity index (χ4v) is 2.56. The van der Waals surface area contributed by atoms with Crippen LogP contribution in [0.25, 0.3) is 0 Å². The molecule has 1 aromatic heterocycles. The molecule has 0 aliphatic heterocycles. The Bertz CT molecular complexity index is 839. The van der Waals surface area contributed by atoms with Gasteiger partial charge in [-0.15, -0.1) is 0 Å². The van der Waals surface area contributed by atoms with Gasteiger partial charge in [-0.1, -0.05) is 44.2 Å². The van der Waals surface area contributed by atoms with Crippen LogP contribution in [-0.4, -0.2) is 40.5 Å². The first-order chi connectivity index (χ1) is 13.8. The summed E-state index contributed by atoms with van der Waals surface area (Å²) in [4.78, 5) is 39.5. The molecule has 2 amide bonds. The molecular formula is C21H25N3O5. The lowest BCUT2D eigenvalue weighted by Crippen LogP contribution is -2.46. The van der Waals surface area contributed by atoms with E-state index in [1.54, 1.807) is 0 Å². The second kappa shape index (κ2) is 10.8. The smallest absolute Gasteiger partial charge is 0.326 e. The number of rotatable bonds is 10. The van der Waals surface area contributed by atoms with Crippen LogP contribution in [0.2, 0.25) is 0 Å². The minimum atomic E-state index is -1.10. The Morgan fingerprint density at radius 1 is 1.14 bits per heavy atom. The van der Waals surface area contributed by atoms with Gasteiger partial charge in [0.15, 0.2) is 0 Å². The summed E-state index contributed by atoms with van der Waals surface area (Å²) >= 11 is 0. The maximum Gasteiger partial charge on any atom is 0.326 e. The van der Waals surface area contributed by atoms with Crippen molar-refractivity contribution in [2.24, 2.45) is 5.92 Å². The topological polar surface area (TPSA) is 118 Å². The Kier molecular flexibility index (Phi) is 8.14. The van der Waals surface area contributed by atoms with Crippen LogP contribution < -0.4 is 15.4 Å². The molecule has 0 bridgehead atoms. The Balaban J connectivity index is 1.87. The van der Waals surface area contributed by atoms with E-state index in [1.807, 2.05) is 44.2 Å². The average molecular weight is 399 g/mol.